The largest absolute Gasteiger partial charge is 0.331 e. The molecule has 0 unspecified atom stereocenters. The first-order chi connectivity index (χ1) is 8.43. The van der Waals surface area contributed by atoms with Gasteiger partial charge in [-0.15, -0.1) is 0 Å². The van der Waals surface area contributed by atoms with Gasteiger partial charge in [-0.25, -0.2) is 0 Å². The molecule has 0 bridgehead atoms. The Bertz CT molecular complexity index is 241. The van der Waals surface area contributed by atoms with E-state index in [0.717, 1.165) is 25.7 Å². The quantitative estimate of drug-likeness (QED) is 0.419. The molecule has 0 aliphatic rings. The molecule has 0 aromatic heterocycles. The van der Waals surface area contributed by atoms with Gasteiger partial charge >= 0.3 is 7.60 Å². The maximum atomic E-state index is 11.8. The van der Waals surface area contributed by atoms with Crippen molar-refractivity contribution in [2.24, 2.45) is 0 Å². The lowest BCUT2D eigenvalue weighted by Crippen LogP contribution is -2.28. The Hall–Kier alpha value is 0.150. The summed E-state index contributed by atoms with van der Waals surface area (Å²) in [6.07, 6.45) is 9.35. The molecule has 0 rings (SSSR count). The molecule has 0 aromatic rings. The summed E-state index contributed by atoms with van der Waals surface area (Å²) in [4.78, 5) is 19.4. The van der Waals surface area contributed by atoms with Crippen molar-refractivity contribution in [2.45, 2.75) is 90.1 Å². The first-order valence-corrected chi connectivity index (χ1v) is 9.10. The lowest BCUT2D eigenvalue weighted by molar-refractivity contribution is 0.288. The molecule has 0 amide bonds. The zero-order chi connectivity index (χ0) is 14.1. The minimum atomic E-state index is -4.00. The van der Waals surface area contributed by atoms with E-state index in [9.17, 15) is 14.4 Å². The van der Waals surface area contributed by atoms with Crippen LogP contribution in [0.25, 0.3) is 0 Å². The molecule has 0 spiro atoms. The molecule has 0 heterocycles. The molecule has 0 aliphatic heterocycles. The van der Waals surface area contributed by atoms with Crippen LogP contribution in [0.15, 0.2) is 0 Å². The molecule has 0 saturated carbocycles. The van der Waals surface area contributed by atoms with Crippen LogP contribution in [0.2, 0.25) is 0 Å². The van der Waals surface area contributed by atoms with E-state index in [1.54, 1.807) is 0 Å². The predicted molar refractivity (Wildman–Crippen MR) is 78.0 cm³/mol. The zero-order valence-corrected chi connectivity index (χ0v) is 13.2. The van der Waals surface area contributed by atoms with Crippen LogP contribution >= 0.6 is 7.60 Å². The lowest BCUT2D eigenvalue weighted by atomic mass is 9.91. The second-order valence-electron chi connectivity index (χ2n) is 5.43. The van der Waals surface area contributed by atoms with Gasteiger partial charge in [-0.2, -0.15) is 0 Å². The van der Waals surface area contributed by atoms with Crippen LogP contribution in [0.4, 0.5) is 0 Å². The van der Waals surface area contributed by atoms with Crippen molar-refractivity contribution in [1.82, 2.24) is 0 Å². The molecule has 18 heavy (non-hydrogen) atoms. The Morgan fingerprint density at radius 3 is 1.67 bits per heavy atom. The zero-order valence-electron chi connectivity index (χ0n) is 12.3. The average molecular weight is 278 g/mol. The van der Waals surface area contributed by atoms with Crippen molar-refractivity contribution in [3.8, 4) is 0 Å². The second kappa shape index (κ2) is 9.12. The molecule has 4 heteroatoms. The van der Waals surface area contributed by atoms with E-state index >= 15 is 0 Å². The highest BCUT2D eigenvalue weighted by atomic mass is 31.2. The molecular weight excluding hydrogens is 247 g/mol. The first kappa shape index (κ1) is 18.1. The highest BCUT2D eigenvalue weighted by Gasteiger charge is 2.44. The normalized spacial score (nSPS) is 12.9. The lowest BCUT2D eigenvalue weighted by Gasteiger charge is -2.34. The highest BCUT2D eigenvalue weighted by Crippen LogP contribution is 2.58. The fourth-order valence-electron chi connectivity index (χ4n) is 2.80. The SMILES string of the molecule is CCCCCCCC(CCC)(CCC)P(=O)(O)O. The number of hydrogen-bond acceptors (Lipinski definition) is 1. The van der Waals surface area contributed by atoms with Gasteiger partial charge < -0.3 is 9.79 Å². The first-order valence-electron chi connectivity index (χ1n) is 7.49. The molecule has 0 fully saturated rings. The molecular formula is C14H31O3P. The van der Waals surface area contributed by atoms with E-state index in [1.807, 2.05) is 13.8 Å². The van der Waals surface area contributed by atoms with Gasteiger partial charge in [0.2, 0.25) is 0 Å². The molecule has 0 saturated heterocycles. The molecule has 0 aliphatic carbocycles. The van der Waals surface area contributed by atoms with Crippen molar-refractivity contribution >= 4 is 7.60 Å². The fourth-order valence-corrected chi connectivity index (χ4v) is 4.28. The summed E-state index contributed by atoms with van der Waals surface area (Å²) in [5, 5.41) is -0.747. The molecule has 110 valence electrons. The summed E-state index contributed by atoms with van der Waals surface area (Å²) >= 11 is 0. The van der Waals surface area contributed by atoms with Gasteiger partial charge in [0, 0.05) is 0 Å². The third kappa shape index (κ3) is 5.86. The van der Waals surface area contributed by atoms with Gasteiger partial charge in [-0.05, 0) is 19.3 Å². The van der Waals surface area contributed by atoms with Gasteiger partial charge in [-0.3, -0.25) is 4.57 Å². The molecule has 2 N–H and O–H groups in total. The van der Waals surface area contributed by atoms with E-state index in [1.165, 1.54) is 19.3 Å². The van der Waals surface area contributed by atoms with Crippen LogP contribution in [0.1, 0.15) is 85.0 Å². The van der Waals surface area contributed by atoms with Crippen LogP contribution in [0.3, 0.4) is 0 Å². The highest BCUT2D eigenvalue weighted by molar-refractivity contribution is 7.53. The van der Waals surface area contributed by atoms with E-state index in [2.05, 4.69) is 6.92 Å². The van der Waals surface area contributed by atoms with Gasteiger partial charge in [-0.1, -0.05) is 65.7 Å². The summed E-state index contributed by atoms with van der Waals surface area (Å²) in [5.41, 5.74) is 0. The number of rotatable bonds is 11. The van der Waals surface area contributed by atoms with Crippen LogP contribution < -0.4 is 0 Å². The monoisotopic (exact) mass is 278 g/mol. The minimum absolute atomic E-state index is 0.652. The van der Waals surface area contributed by atoms with Gasteiger partial charge in [0.1, 0.15) is 0 Å². The van der Waals surface area contributed by atoms with E-state index in [0.29, 0.717) is 19.3 Å². The standard InChI is InChI=1S/C14H31O3P/c1-4-7-8-9-10-13-14(11-5-2,12-6-3)18(15,16)17/h4-13H2,1-3H3,(H2,15,16,17). The Labute approximate surface area is 113 Å². The van der Waals surface area contributed by atoms with Crippen molar-refractivity contribution in [3.63, 3.8) is 0 Å². The minimum Gasteiger partial charge on any atom is -0.324 e. The van der Waals surface area contributed by atoms with E-state index < -0.39 is 12.8 Å². The summed E-state index contributed by atoms with van der Waals surface area (Å²) in [7, 11) is -4.00. The Kier molecular flexibility index (Phi) is 9.19. The average Bonchev–Trinajstić information content (AvgIpc) is 2.27. The molecule has 0 aromatic carbocycles. The second-order valence-corrected chi connectivity index (χ2v) is 7.47. The maximum Gasteiger partial charge on any atom is 0.331 e. The number of unbranched alkanes of at least 4 members (excludes halogenated alkanes) is 4. The summed E-state index contributed by atoms with van der Waals surface area (Å²) < 4.78 is 11.8. The van der Waals surface area contributed by atoms with Crippen molar-refractivity contribution in [3.05, 3.63) is 0 Å². The van der Waals surface area contributed by atoms with Gasteiger partial charge in [0.05, 0.1) is 5.16 Å². The van der Waals surface area contributed by atoms with Crippen molar-refractivity contribution in [2.75, 3.05) is 0 Å². The topological polar surface area (TPSA) is 57.5 Å². The Morgan fingerprint density at radius 2 is 1.28 bits per heavy atom. The maximum absolute atomic E-state index is 11.8. The third-order valence-corrected chi connectivity index (χ3v) is 5.70. The van der Waals surface area contributed by atoms with Gasteiger partial charge in [0.25, 0.3) is 0 Å². The van der Waals surface area contributed by atoms with Crippen molar-refractivity contribution < 1.29 is 14.4 Å². The van der Waals surface area contributed by atoms with Crippen LogP contribution in [-0.2, 0) is 4.57 Å². The predicted octanol–water partition coefficient (Wildman–Crippen LogP) is 4.86. The Morgan fingerprint density at radius 1 is 0.778 bits per heavy atom. The smallest absolute Gasteiger partial charge is 0.324 e. The summed E-state index contributed by atoms with van der Waals surface area (Å²) in [6.45, 7) is 6.20. The third-order valence-electron chi connectivity index (χ3n) is 3.79. The molecule has 0 atom stereocenters. The number of hydrogen-bond donors (Lipinski definition) is 2. The summed E-state index contributed by atoms with van der Waals surface area (Å²) in [6, 6.07) is 0. The molecule has 0 radical (unpaired) electrons. The summed E-state index contributed by atoms with van der Waals surface area (Å²) in [5.74, 6) is 0. The van der Waals surface area contributed by atoms with Gasteiger partial charge in [0.15, 0.2) is 0 Å². The van der Waals surface area contributed by atoms with Crippen LogP contribution in [0, 0.1) is 0 Å². The molecule has 3 nitrogen and oxygen atoms in total. The van der Waals surface area contributed by atoms with Crippen LogP contribution in [0.5, 0.6) is 0 Å². The van der Waals surface area contributed by atoms with Crippen molar-refractivity contribution in [1.29, 1.82) is 0 Å². The van der Waals surface area contributed by atoms with E-state index in [4.69, 9.17) is 0 Å². The van der Waals surface area contributed by atoms with Crippen LogP contribution in [-0.4, -0.2) is 14.9 Å². The Balaban J connectivity index is 4.49. The fraction of sp³-hybridized carbons (Fsp3) is 1.00. The van der Waals surface area contributed by atoms with E-state index in [-0.39, 0.29) is 0 Å².